The maximum Gasteiger partial charge on any atom is 0.323 e. The SMILES string of the molecule is CCC(=O)Nc1nc2ccc(NC(=O)Nc3cccc(SC)c3)cc2s1. The Labute approximate surface area is 159 Å². The number of anilines is 3. The highest BCUT2D eigenvalue weighted by Crippen LogP contribution is 2.28. The molecule has 0 aliphatic rings. The summed E-state index contributed by atoms with van der Waals surface area (Å²) in [5, 5.41) is 8.94. The van der Waals surface area contributed by atoms with E-state index < -0.39 is 0 Å². The maximum absolute atomic E-state index is 12.2. The number of thiazole rings is 1. The summed E-state index contributed by atoms with van der Waals surface area (Å²) < 4.78 is 0.888. The van der Waals surface area contributed by atoms with E-state index in [1.807, 2.05) is 42.7 Å². The molecule has 3 amide bonds. The average molecular weight is 387 g/mol. The number of benzene rings is 2. The molecule has 26 heavy (non-hydrogen) atoms. The summed E-state index contributed by atoms with van der Waals surface area (Å²) in [7, 11) is 0. The number of hydrogen-bond acceptors (Lipinski definition) is 5. The van der Waals surface area contributed by atoms with Gasteiger partial charge in [0, 0.05) is 22.7 Å². The van der Waals surface area contributed by atoms with Gasteiger partial charge in [-0.1, -0.05) is 24.3 Å². The van der Waals surface area contributed by atoms with E-state index in [0.717, 1.165) is 20.8 Å². The fourth-order valence-electron chi connectivity index (χ4n) is 2.26. The van der Waals surface area contributed by atoms with Crippen molar-refractivity contribution in [3.8, 4) is 0 Å². The van der Waals surface area contributed by atoms with Crippen molar-refractivity contribution in [3.05, 3.63) is 42.5 Å². The van der Waals surface area contributed by atoms with E-state index in [9.17, 15) is 9.59 Å². The Hall–Kier alpha value is -2.58. The van der Waals surface area contributed by atoms with Crippen LogP contribution in [0.1, 0.15) is 13.3 Å². The first-order chi connectivity index (χ1) is 12.6. The van der Waals surface area contributed by atoms with Gasteiger partial charge in [0.05, 0.1) is 10.2 Å². The molecule has 8 heteroatoms. The summed E-state index contributed by atoms with van der Waals surface area (Å²) in [6.45, 7) is 1.79. The smallest absolute Gasteiger partial charge is 0.308 e. The van der Waals surface area contributed by atoms with Crippen LogP contribution in [0.15, 0.2) is 47.4 Å². The van der Waals surface area contributed by atoms with E-state index in [0.29, 0.717) is 17.2 Å². The first-order valence-electron chi connectivity index (χ1n) is 8.00. The molecule has 6 nitrogen and oxygen atoms in total. The minimum absolute atomic E-state index is 0.0748. The van der Waals surface area contributed by atoms with Crippen LogP contribution in [0.5, 0.6) is 0 Å². The van der Waals surface area contributed by atoms with Gasteiger partial charge in [0.1, 0.15) is 0 Å². The molecule has 0 atom stereocenters. The second-order valence-corrected chi connectivity index (χ2v) is 7.32. The molecule has 0 fully saturated rings. The largest absolute Gasteiger partial charge is 0.323 e. The van der Waals surface area contributed by atoms with Gasteiger partial charge in [0.15, 0.2) is 5.13 Å². The van der Waals surface area contributed by atoms with Gasteiger partial charge in [0.25, 0.3) is 0 Å². The van der Waals surface area contributed by atoms with Crippen molar-refractivity contribution in [3.63, 3.8) is 0 Å². The first kappa shape index (κ1) is 18.2. The van der Waals surface area contributed by atoms with Gasteiger partial charge in [-0.25, -0.2) is 9.78 Å². The lowest BCUT2D eigenvalue weighted by atomic mass is 10.3. The highest BCUT2D eigenvalue weighted by Gasteiger charge is 2.09. The minimum atomic E-state index is -0.313. The zero-order valence-corrected chi connectivity index (χ0v) is 16.0. The second-order valence-electron chi connectivity index (χ2n) is 5.41. The third kappa shape index (κ3) is 4.53. The van der Waals surface area contributed by atoms with Crippen LogP contribution in [-0.4, -0.2) is 23.2 Å². The lowest BCUT2D eigenvalue weighted by Crippen LogP contribution is -2.19. The van der Waals surface area contributed by atoms with Gasteiger partial charge in [-0.2, -0.15) is 0 Å². The van der Waals surface area contributed by atoms with Crippen molar-refractivity contribution in [2.45, 2.75) is 18.2 Å². The van der Waals surface area contributed by atoms with Crippen molar-refractivity contribution in [2.24, 2.45) is 0 Å². The predicted octanol–water partition coefficient (Wildman–Crippen LogP) is 5.01. The van der Waals surface area contributed by atoms with E-state index in [1.54, 1.807) is 24.8 Å². The molecule has 0 saturated heterocycles. The van der Waals surface area contributed by atoms with Crippen molar-refractivity contribution in [1.29, 1.82) is 0 Å². The van der Waals surface area contributed by atoms with Crippen LogP contribution < -0.4 is 16.0 Å². The quantitative estimate of drug-likeness (QED) is 0.538. The molecule has 1 heterocycles. The zero-order chi connectivity index (χ0) is 18.5. The van der Waals surface area contributed by atoms with Gasteiger partial charge >= 0.3 is 6.03 Å². The third-order valence-corrected chi connectivity index (χ3v) is 5.20. The number of thioether (sulfide) groups is 1. The molecule has 0 saturated carbocycles. The number of nitrogens with zero attached hydrogens (tertiary/aromatic N) is 1. The van der Waals surface area contributed by atoms with Crippen LogP contribution in [0.4, 0.5) is 21.3 Å². The number of amides is 3. The predicted molar refractivity (Wildman–Crippen MR) is 109 cm³/mol. The third-order valence-electron chi connectivity index (χ3n) is 3.54. The topological polar surface area (TPSA) is 83.1 Å². The lowest BCUT2D eigenvalue weighted by Gasteiger charge is -2.08. The standard InChI is InChI=1S/C18H18N4O2S2/c1-3-16(23)22-18-21-14-8-7-12(10-15(14)26-18)20-17(24)19-11-5-4-6-13(9-11)25-2/h4-10H,3H2,1-2H3,(H2,19,20,24)(H,21,22,23). The number of carbonyl (C=O) groups excluding carboxylic acids is 2. The number of nitrogens with one attached hydrogen (secondary N) is 3. The molecule has 2 aromatic carbocycles. The Kier molecular flexibility index (Phi) is 5.75. The summed E-state index contributed by atoms with van der Waals surface area (Å²) in [4.78, 5) is 29.1. The average Bonchev–Trinajstić information content (AvgIpc) is 3.03. The normalized spacial score (nSPS) is 10.5. The summed E-state index contributed by atoms with van der Waals surface area (Å²) in [6, 6.07) is 12.8. The number of hydrogen-bond donors (Lipinski definition) is 3. The monoisotopic (exact) mass is 386 g/mol. The molecular weight excluding hydrogens is 368 g/mol. The van der Waals surface area contributed by atoms with Crippen LogP contribution >= 0.6 is 23.1 Å². The molecule has 0 spiro atoms. The summed E-state index contributed by atoms with van der Waals surface area (Å²) in [5.74, 6) is -0.0748. The molecule has 134 valence electrons. The first-order valence-corrected chi connectivity index (χ1v) is 10.0. The molecule has 0 aliphatic carbocycles. The van der Waals surface area contributed by atoms with Gasteiger partial charge < -0.3 is 16.0 Å². The molecule has 0 unspecified atom stereocenters. The number of fused-ring (bicyclic) bond motifs is 1. The molecule has 0 aliphatic heterocycles. The highest BCUT2D eigenvalue weighted by molar-refractivity contribution is 7.98. The van der Waals surface area contributed by atoms with Crippen LogP contribution in [0, 0.1) is 0 Å². The molecule has 3 aromatic rings. The molecular formula is C18H18N4O2S2. The maximum atomic E-state index is 12.2. The molecule has 0 bridgehead atoms. The van der Waals surface area contributed by atoms with E-state index in [-0.39, 0.29) is 11.9 Å². The Bertz CT molecular complexity index is 955. The number of rotatable bonds is 5. The number of aromatic nitrogens is 1. The fraction of sp³-hybridized carbons (Fsp3) is 0.167. The van der Waals surface area contributed by atoms with E-state index in [1.165, 1.54) is 11.3 Å². The van der Waals surface area contributed by atoms with Crippen molar-refractivity contribution < 1.29 is 9.59 Å². The lowest BCUT2D eigenvalue weighted by molar-refractivity contribution is -0.115. The fourth-order valence-corrected chi connectivity index (χ4v) is 3.64. The molecule has 1 aromatic heterocycles. The Morgan fingerprint density at radius 2 is 1.85 bits per heavy atom. The van der Waals surface area contributed by atoms with Crippen LogP contribution in [0.25, 0.3) is 10.2 Å². The van der Waals surface area contributed by atoms with Gasteiger partial charge in [-0.3, -0.25) is 4.79 Å². The van der Waals surface area contributed by atoms with Crippen molar-refractivity contribution in [1.82, 2.24) is 4.98 Å². The van der Waals surface area contributed by atoms with Gasteiger partial charge in [-0.15, -0.1) is 11.8 Å². The van der Waals surface area contributed by atoms with Gasteiger partial charge in [-0.05, 0) is 42.7 Å². The van der Waals surface area contributed by atoms with E-state index in [2.05, 4.69) is 20.9 Å². The number of urea groups is 1. The summed E-state index contributed by atoms with van der Waals surface area (Å²) in [6.07, 6.45) is 2.39. The zero-order valence-electron chi connectivity index (χ0n) is 14.3. The Balaban J connectivity index is 1.69. The summed E-state index contributed by atoms with van der Waals surface area (Å²) in [5.41, 5.74) is 2.17. The molecule has 3 N–H and O–H groups in total. The molecule has 0 radical (unpaired) electrons. The van der Waals surface area contributed by atoms with Crippen molar-refractivity contribution >= 4 is 61.8 Å². The van der Waals surface area contributed by atoms with Gasteiger partial charge in [0.2, 0.25) is 5.91 Å². The van der Waals surface area contributed by atoms with E-state index >= 15 is 0 Å². The van der Waals surface area contributed by atoms with Crippen molar-refractivity contribution in [2.75, 3.05) is 22.2 Å². The minimum Gasteiger partial charge on any atom is -0.308 e. The second kappa shape index (κ2) is 8.20. The Morgan fingerprint density at radius 3 is 2.58 bits per heavy atom. The Morgan fingerprint density at radius 1 is 1.08 bits per heavy atom. The van der Waals surface area contributed by atoms with Crippen LogP contribution in [0.2, 0.25) is 0 Å². The molecule has 3 rings (SSSR count). The van der Waals surface area contributed by atoms with Crippen LogP contribution in [-0.2, 0) is 4.79 Å². The summed E-state index contributed by atoms with van der Waals surface area (Å²) >= 11 is 2.99. The number of carbonyl (C=O) groups is 2. The van der Waals surface area contributed by atoms with E-state index in [4.69, 9.17) is 0 Å². The highest BCUT2D eigenvalue weighted by atomic mass is 32.2. The van der Waals surface area contributed by atoms with Crippen LogP contribution in [0.3, 0.4) is 0 Å².